The highest BCUT2D eigenvalue weighted by Crippen LogP contribution is 2.36. The lowest BCUT2D eigenvalue weighted by Gasteiger charge is -2.31. The Bertz CT molecular complexity index is 871. The average Bonchev–Trinajstić information content (AvgIpc) is 2.68. The van der Waals surface area contributed by atoms with Crippen molar-refractivity contribution in [3.63, 3.8) is 0 Å². The van der Waals surface area contributed by atoms with Gasteiger partial charge in [-0.05, 0) is 48.4 Å². The van der Waals surface area contributed by atoms with E-state index in [1.807, 2.05) is 43.3 Å². The maximum atomic E-state index is 12.6. The summed E-state index contributed by atoms with van der Waals surface area (Å²) in [5, 5.41) is 3.01. The number of rotatable bonds is 6. The van der Waals surface area contributed by atoms with Crippen molar-refractivity contribution in [2.24, 2.45) is 0 Å². The van der Waals surface area contributed by atoms with Crippen LogP contribution in [0.5, 0.6) is 5.75 Å². The van der Waals surface area contributed by atoms with Crippen LogP contribution in [0.2, 0.25) is 0 Å². The van der Waals surface area contributed by atoms with E-state index in [2.05, 4.69) is 38.2 Å². The van der Waals surface area contributed by atoms with Gasteiger partial charge in [0.2, 0.25) is 5.91 Å². The SMILES string of the molecule is C[C@H](CCc1ccccc1)NC(=O)CN1C(=O)COc2cc(C(C)(C)C)ccc21. The molecule has 0 spiro atoms. The van der Waals surface area contributed by atoms with E-state index in [1.54, 1.807) is 0 Å². The third-order valence-corrected chi connectivity index (χ3v) is 5.19. The number of nitrogens with one attached hydrogen (secondary N) is 1. The topological polar surface area (TPSA) is 58.6 Å². The fourth-order valence-electron chi connectivity index (χ4n) is 3.41. The van der Waals surface area contributed by atoms with Gasteiger partial charge in [-0.3, -0.25) is 14.5 Å². The standard InChI is InChI=1S/C24H30N2O3/c1-17(10-11-18-8-6-5-7-9-18)25-22(27)15-26-20-13-12-19(24(2,3)4)14-21(20)29-16-23(26)28/h5-9,12-14,17H,10-11,15-16H2,1-4H3,(H,25,27)/t17-/m1/s1. The Morgan fingerprint density at radius 1 is 1.17 bits per heavy atom. The van der Waals surface area contributed by atoms with Crippen LogP contribution in [0.3, 0.4) is 0 Å². The van der Waals surface area contributed by atoms with E-state index in [-0.39, 0.29) is 36.4 Å². The predicted molar refractivity (Wildman–Crippen MR) is 115 cm³/mol. The van der Waals surface area contributed by atoms with Crippen LogP contribution < -0.4 is 15.0 Å². The van der Waals surface area contributed by atoms with Crippen molar-refractivity contribution in [1.29, 1.82) is 0 Å². The van der Waals surface area contributed by atoms with Crippen molar-refractivity contribution in [3.05, 3.63) is 59.7 Å². The third kappa shape index (κ3) is 5.37. The highest BCUT2D eigenvalue weighted by molar-refractivity contribution is 6.02. The second-order valence-electron chi connectivity index (χ2n) is 8.69. The number of anilines is 1. The lowest BCUT2D eigenvalue weighted by molar-refractivity contribution is -0.125. The smallest absolute Gasteiger partial charge is 0.265 e. The molecule has 1 heterocycles. The van der Waals surface area contributed by atoms with Crippen molar-refractivity contribution >= 4 is 17.5 Å². The van der Waals surface area contributed by atoms with Gasteiger partial charge in [0.1, 0.15) is 12.3 Å². The molecule has 0 unspecified atom stereocenters. The number of carbonyl (C=O) groups is 2. The highest BCUT2D eigenvalue weighted by atomic mass is 16.5. The minimum Gasteiger partial charge on any atom is -0.482 e. The van der Waals surface area contributed by atoms with E-state index in [1.165, 1.54) is 10.5 Å². The Morgan fingerprint density at radius 3 is 2.59 bits per heavy atom. The first-order valence-electron chi connectivity index (χ1n) is 10.1. The molecule has 29 heavy (non-hydrogen) atoms. The molecular weight excluding hydrogens is 364 g/mol. The normalized spacial score (nSPS) is 14.8. The van der Waals surface area contributed by atoms with Gasteiger partial charge in [-0.2, -0.15) is 0 Å². The fraction of sp³-hybridized carbons (Fsp3) is 0.417. The van der Waals surface area contributed by atoms with Gasteiger partial charge in [-0.25, -0.2) is 0 Å². The van der Waals surface area contributed by atoms with Crippen LogP contribution in [-0.4, -0.2) is 31.0 Å². The number of amides is 2. The molecule has 5 nitrogen and oxygen atoms in total. The Balaban J connectivity index is 1.62. The summed E-state index contributed by atoms with van der Waals surface area (Å²) in [4.78, 5) is 26.5. The van der Waals surface area contributed by atoms with Crippen molar-refractivity contribution < 1.29 is 14.3 Å². The van der Waals surface area contributed by atoms with Crippen LogP contribution in [0.1, 0.15) is 45.2 Å². The molecule has 3 rings (SSSR count). The van der Waals surface area contributed by atoms with E-state index in [0.717, 1.165) is 18.4 Å². The molecule has 154 valence electrons. The summed E-state index contributed by atoms with van der Waals surface area (Å²) in [5.74, 6) is 0.293. The lowest BCUT2D eigenvalue weighted by Crippen LogP contribution is -2.47. The minimum atomic E-state index is -0.201. The van der Waals surface area contributed by atoms with Crippen LogP contribution in [0, 0.1) is 0 Å². The summed E-state index contributed by atoms with van der Waals surface area (Å²) in [7, 11) is 0. The molecule has 2 amide bonds. The van der Waals surface area contributed by atoms with Crippen molar-refractivity contribution in [3.8, 4) is 5.75 Å². The number of ether oxygens (including phenoxy) is 1. The molecule has 0 aromatic heterocycles. The van der Waals surface area contributed by atoms with Gasteiger partial charge in [0.15, 0.2) is 6.61 Å². The summed E-state index contributed by atoms with van der Waals surface area (Å²) < 4.78 is 5.63. The highest BCUT2D eigenvalue weighted by Gasteiger charge is 2.29. The minimum absolute atomic E-state index is 0.000263. The molecule has 2 aromatic carbocycles. The fourth-order valence-corrected chi connectivity index (χ4v) is 3.41. The number of benzene rings is 2. The van der Waals surface area contributed by atoms with Crippen molar-refractivity contribution in [2.45, 2.75) is 52.0 Å². The van der Waals surface area contributed by atoms with Gasteiger partial charge in [0.05, 0.1) is 5.69 Å². The number of fused-ring (bicyclic) bond motifs is 1. The number of hydrogen-bond donors (Lipinski definition) is 1. The summed E-state index contributed by atoms with van der Waals surface area (Å²) in [5.41, 5.74) is 3.02. The summed E-state index contributed by atoms with van der Waals surface area (Å²) in [6.07, 6.45) is 1.75. The van der Waals surface area contributed by atoms with Gasteiger partial charge in [0.25, 0.3) is 5.91 Å². The van der Waals surface area contributed by atoms with Crippen LogP contribution in [0.4, 0.5) is 5.69 Å². The first kappa shape index (κ1) is 20.9. The Hall–Kier alpha value is -2.82. The van der Waals surface area contributed by atoms with E-state index >= 15 is 0 Å². The number of nitrogens with zero attached hydrogens (tertiary/aromatic N) is 1. The molecule has 1 aliphatic rings. The number of aryl methyl sites for hydroxylation is 1. The Kier molecular flexibility index (Phi) is 6.26. The molecule has 1 aliphatic heterocycles. The van der Waals surface area contributed by atoms with Crippen LogP contribution in [0.25, 0.3) is 0 Å². The molecule has 1 atom stereocenters. The quantitative estimate of drug-likeness (QED) is 0.810. The Morgan fingerprint density at radius 2 is 1.90 bits per heavy atom. The lowest BCUT2D eigenvalue weighted by atomic mass is 9.86. The monoisotopic (exact) mass is 394 g/mol. The number of hydrogen-bond acceptors (Lipinski definition) is 3. The molecule has 0 radical (unpaired) electrons. The molecule has 1 N–H and O–H groups in total. The van der Waals surface area contributed by atoms with E-state index in [9.17, 15) is 9.59 Å². The van der Waals surface area contributed by atoms with Crippen LogP contribution in [0.15, 0.2) is 48.5 Å². The van der Waals surface area contributed by atoms with Crippen molar-refractivity contribution in [1.82, 2.24) is 5.32 Å². The van der Waals surface area contributed by atoms with Gasteiger partial charge < -0.3 is 10.1 Å². The second-order valence-corrected chi connectivity index (χ2v) is 8.69. The zero-order valence-electron chi connectivity index (χ0n) is 17.7. The second kappa shape index (κ2) is 8.68. The van der Waals surface area contributed by atoms with E-state index in [4.69, 9.17) is 4.74 Å². The largest absolute Gasteiger partial charge is 0.482 e. The summed E-state index contributed by atoms with van der Waals surface area (Å²) >= 11 is 0. The zero-order chi connectivity index (χ0) is 21.0. The van der Waals surface area contributed by atoms with E-state index < -0.39 is 0 Å². The summed E-state index contributed by atoms with van der Waals surface area (Å²) in [6.45, 7) is 8.34. The Labute approximate surface area is 173 Å². The average molecular weight is 395 g/mol. The molecule has 0 aliphatic carbocycles. The van der Waals surface area contributed by atoms with E-state index in [0.29, 0.717) is 11.4 Å². The molecule has 0 fully saturated rings. The molecule has 0 saturated heterocycles. The van der Waals surface area contributed by atoms with Gasteiger partial charge in [-0.15, -0.1) is 0 Å². The van der Waals surface area contributed by atoms with Crippen molar-refractivity contribution in [2.75, 3.05) is 18.1 Å². The van der Waals surface area contributed by atoms with Gasteiger partial charge in [-0.1, -0.05) is 57.2 Å². The maximum Gasteiger partial charge on any atom is 0.265 e. The number of carbonyl (C=O) groups excluding carboxylic acids is 2. The van der Waals surface area contributed by atoms with Crippen LogP contribution >= 0.6 is 0 Å². The summed E-state index contributed by atoms with van der Waals surface area (Å²) in [6, 6.07) is 16.1. The first-order chi connectivity index (χ1) is 13.7. The molecule has 0 bridgehead atoms. The first-order valence-corrected chi connectivity index (χ1v) is 10.1. The van der Waals surface area contributed by atoms with Crippen LogP contribution in [-0.2, 0) is 21.4 Å². The molecule has 5 heteroatoms. The molecule has 0 saturated carbocycles. The maximum absolute atomic E-state index is 12.6. The third-order valence-electron chi connectivity index (χ3n) is 5.19. The van der Waals surface area contributed by atoms with Gasteiger partial charge >= 0.3 is 0 Å². The van der Waals surface area contributed by atoms with Gasteiger partial charge in [0, 0.05) is 6.04 Å². The predicted octanol–water partition coefficient (Wildman–Crippen LogP) is 3.85. The zero-order valence-corrected chi connectivity index (χ0v) is 17.7. The molecular formula is C24H30N2O3. The molecule has 2 aromatic rings.